The number of aliphatic hydroxyl groups is 1. The molecule has 0 heterocycles. The van der Waals surface area contributed by atoms with E-state index in [0.29, 0.717) is 15.6 Å². The van der Waals surface area contributed by atoms with Gasteiger partial charge in [-0.15, -0.1) is 11.8 Å². The molecule has 2 aromatic carbocycles. The fourth-order valence-electron chi connectivity index (χ4n) is 2.07. The molecule has 128 valence electrons. The molecule has 0 fully saturated rings. The zero-order valence-corrected chi connectivity index (χ0v) is 15.2. The third-order valence-electron chi connectivity index (χ3n) is 3.35. The van der Waals surface area contributed by atoms with E-state index in [2.05, 4.69) is 5.32 Å². The van der Waals surface area contributed by atoms with Crippen LogP contribution in [0, 0.1) is 0 Å². The maximum atomic E-state index is 12.1. The van der Waals surface area contributed by atoms with Crippen LogP contribution in [0.2, 0.25) is 10.0 Å². The third kappa shape index (κ3) is 5.31. The van der Waals surface area contributed by atoms with Crippen molar-refractivity contribution in [3.05, 3.63) is 58.1 Å². The SMILES string of the molecule is C[C@@H](NC(=O)CSc1cc(Cl)ccc1Cl)[C@@H](O)c1ccc(O)cc1. The second-order valence-electron chi connectivity index (χ2n) is 5.26. The second kappa shape index (κ2) is 8.62. The van der Waals surface area contributed by atoms with E-state index in [-0.39, 0.29) is 17.4 Å². The third-order valence-corrected chi connectivity index (χ3v) is 5.08. The molecule has 2 rings (SSSR count). The van der Waals surface area contributed by atoms with E-state index in [1.165, 1.54) is 23.9 Å². The van der Waals surface area contributed by atoms with Crippen LogP contribution >= 0.6 is 35.0 Å². The Labute approximate surface area is 154 Å². The first-order valence-corrected chi connectivity index (χ1v) is 8.95. The number of hydrogen-bond acceptors (Lipinski definition) is 4. The lowest BCUT2D eigenvalue weighted by molar-refractivity contribution is -0.119. The van der Waals surface area contributed by atoms with Gasteiger partial charge in [-0.3, -0.25) is 4.79 Å². The Morgan fingerprint density at radius 1 is 1.21 bits per heavy atom. The van der Waals surface area contributed by atoms with Gasteiger partial charge in [-0.1, -0.05) is 35.3 Å². The van der Waals surface area contributed by atoms with Gasteiger partial charge in [0.25, 0.3) is 0 Å². The number of nitrogens with one attached hydrogen (secondary N) is 1. The predicted molar refractivity (Wildman–Crippen MR) is 97.9 cm³/mol. The molecule has 4 nitrogen and oxygen atoms in total. The van der Waals surface area contributed by atoms with Gasteiger partial charge in [0.05, 0.1) is 22.9 Å². The lowest BCUT2D eigenvalue weighted by Gasteiger charge is -2.20. The summed E-state index contributed by atoms with van der Waals surface area (Å²) >= 11 is 13.2. The highest BCUT2D eigenvalue weighted by Crippen LogP contribution is 2.29. The molecule has 24 heavy (non-hydrogen) atoms. The lowest BCUT2D eigenvalue weighted by Crippen LogP contribution is -2.38. The molecule has 0 spiro atoms. The standard InChI is InChI=1S/C17H17Cl2NO3S/c1-10(17(23)11-2-5-13(21)6-3-11)20-16(22)9-24-15-8-12(18)4-7-14(15)19/h2-8,10,17,21,23H,9H2,1H3,(H,20,22)/t10-,17-/m1/s1. The van der Waals surface area contributed by atoms with Gasteiger partial charge in [-0.05, 0) is 42.8 Å². The van der Waals surface area contributed by atoms with Crippen molar-refractivity contribution in [2.24, 2.45) is 0 Å². The number of rotatable bonds is 6. The molecule has 0 aromatic heterocycles. The normalized spacial score (nSPS) is 13.3. The monoisotopic (exact) mass is 385 g/mol. The van der Waals surface area contributed by atoms with Crippen LogP contribution in [0.15, 0.2) is 47.4 Å². The summed E-state index contributed by atoms with van der Waals surface area (Å²) in [5, 5.41) is 23.4. The highest BCUT2D eigenvalue weighted by molar-refractivity contribution is 8.00. The average molecular weight is 386 g/mol. The summed E-state index contributed by atoms with van der Waals surface area (Å²) < 4.78 is 0. The number of hydrogen-bond donors (Lipinski definition) is 3. The highest BCUT2D eigenvalue weighted by atomic mass is 35.5. The maximum absolute atomic E-state index is 12.1. The first kappa shape index (κ1) is 18.9. The summed E-state index contributed by atoms with van der Waals surface area (Å²) in [6.45, 7) is 1.71. The molecule has 3 N–H and O–H groups in total. The zero-order chi connectivity index (χ0) is 17.7. The van der Waals surface area contributed by atoms with E-state index < -0.39 is 12.1 Å². The number of aliphatic hydroxyl groups excluding tert-OH is 1. The fraction of sp³-hybridized carbons (Fsp3) is 0.235. The van der Waals surface area contributed by atoms with Gasteiger partial charge in [0.1, 0.15) is 5.75 Å². The molecule has 0 aliphatic carbocycles. The van der Waals surface area contributed by atoms with Gasteiger partial charge in [0.15, 0.2) is 0 Å². The van der Waals surface area contributed by atoms with Gasteiger partial charge < -0.3 is 15.5 Å². The molecule has 0 aliphatic rings. The largest absolute Gasteiger partial charge is 0.508 e. The van der Waals surface area contributed by atoms with Crippen LogP contribution in [-0.2, 0) is 4.79 Å². The Morgan fingerprint density at radius 2 is 1.88 bits per heavy atom. The topological polar surface area (TPSA) is 69.6 Å². The Kier molecular flexibility index (Phi) is 6.80. The van der Waals surface area contributed by atoms with Crippen LogP contribution in [0.25, 0.3) is 0 Å². The van der Waals surface area contributed by atoms with E-state index in [1.807, 2.05) is 0 Å². The molecule has 0 saturated carbocycles. The summed E-state index contributed by atoms with van der Waals surface area (Å²) in [4.78, 5) is 12.8. The minimum absolute atomic E-state index is 0.123. The minimum Gasteiger partial charge on any atom is -0.508 e. The number of amides is 1. The Balaban J connectivity index is 1.89. The van der Waals surface area contributed by atoms with E-state index in [4.69, 9.17) is 23.2 Å². The number of phenols is 1. The summed E-state index contributed by atoms with van der Waals surface area (Å²) in [5.41, 5.74) is 0.617. The molecular weight excluding hydrogens is 369 g/mol. The van der Waals surface area contributed by atoms with Gasteiger partial charge in [-0.25, -0.2) is 0 Å². The van der Waals surface area contributed by atoms with Crippen molar-refractivity contribution < 1.29 is 15.0 Å². The molecule has 0 aliphatic heterocycles. The van der Waals surface area contributed by atoms with Crippen LogP contribution in [0.5, 0.6) is 5.75 Å². The van der Waals surface area contributed by atoms with Crippen LogP contribution in [0.3, 0.4) is 0 Å². The zero-order valence-electron chi connectivity index (χ0n) is 12.9. The number of thioether (sulfide) groups is 1. The first-order valence-electron chi connectivity index (χ1n) is 7.21. The summed E-state index contributed by atoms with van der Waals surface area (Å²) in [5.74, 6) is 0.0611. The molecule has 1 amide bonds. The Bertz CT molecular complexity index is 709. The predicted octanol–water partition coefficient (Wildman–Crippen LogP) is 4.03. The molecule has 7 heteroatoms. The summed E-state index contributed by atoms with van der Waals surface area (Å²) in [6, 6.07) is 10.8. The van der Waals surface area contributed by atoms with Crippen molar-refractivity contribution in [2.45, 2.75) is 24.0 Å². The number of carbonyl (C=O) groups excluding carboxylic acids is 1. The van der Waals surface area contributed by atoms with Crippen LogP contribution in [-0.4, -0.2) is 27.9 Å². The van der Waals surface area contributed by atoms with Crippen molar-refractivity contribution in [3.63, 3.8) is 0 Å². The van der Waals surface area contributed by atoms with Gasteiger partial charge >= 0.3 is 0 Å². The molecule has 2 atom stereocenters. The van der Waals surface area contributed by atoms with E-state index in [1.54, 1.807) is 37.3 Å². The van der Waals surface area contributed by atoms with Gasteiger partial charge in [-0.2, -0.15) is 0 Å². The highest BCUT2D eigenvalue weighted by Gasteiger charge is 2.18. The van der Waals surface area contributed by atoms with Crippen LogP contribution in [0.1, 0.15) is 18.6 Å². The van der Waals surface area contributed by atoms with Crippen molar-refractivity contribution in [1.29, 1.82) is 0 Å². The molecule has 0 bridgehead atoms. The maximum Gasteiger partial charge on any atom is 0.230 e. The average Bonchev–Trinajstić information content (AvgIpc) is 2.55. The molecule has 2 aromatic rings. The minimum atomic E-state index is -0.866. The number of phenolic OH excluding ortho intramolecular Hbond substituents is 1. The molecule has 0 saturated heterocycles. The quantitative estimate of drug-likeness (QED) is 0.656. The lowest BCUT2D eigenvalue weighted by atomic mass is 10.0. The second-order valence-corrected chi connectivity index (χ2v) is 7.12. The fourth-order valence-corrected chi connectivity index (χ4v) is 3.37. The molecular formula is C17H17Cl2NO3S. The van der Waals surface area contributed by atoms with Crippen LogP contribution < -0.4 is 5.32 Å². The van der Waals surface area contributed by atoms with Gasteiger partial charge in [0, 0.05) is 9.92 Å². The number of halogens is 2. The number of benzene rings is 2. The van der Waals surface area contributed by atoms with Crippen molar-refractivity contribution in [3.8, 4) is 5.75 Å². The molecule has 0 radical (unpaired) electrons. The Morgan fingerprint density at radius 3 is 2.54 bits per heavy atom. The van der Waals surface area contributed by atoms with Crippen molar-refractivity contribution >= 4 is 40.9 Å². The van der Waals surface area contributed by atoms with Crippen LogP contribution in [0.4, 0.5) is 0 Å². The smallest absolute Gasteiger partial charge is 0.230 e. The summed E-state index contributed by atoms with van der Waals surface area (Å²) in [6.07, 6.45) is -0.866. The summed E-state index contributed by atoms with van der Waals surface area (Å²) in [7, 11) is 0. The number of aromatic hydroxyl groups is 1. The Hall–Kier alpha value is -1.40. The van der Waals surface area contributed by atoms with E-state index in [0.717, 1.165) is 4.90 Å². The van der Waals surface area contributed by atoms with Crippen molar-refractivity contribution in [2.75, 3.05) is 5.75 Å². The van der Waals surface area contributed by atoms with Gasteiger partial charge in [0.2, 0.25) is 5.91 Å². The van der Waals surface area contributed by atoms with E-state index in [9.17, 15) is 15.0 Å². The molecule has 0 unspecified atom stereocenters. The number of carbonyl (C=O) groups is 1. The first-order chi connectivity index (χ1) is 11.4. The van der Waals surface area contributed by atoms with Crippen molar-refractivity contribution in [1.82, 2.24) is 5.32 Å². The van der Waals surface area contributed by atoms with E-state index >= 15 is 0 Å².